The smallest absolute Gasteiger partial charge is 0.377 e. The number of aliphatic carboxylic acids is 3. The molecule has 15 heavy (non-hydrogen) atoms. The van der Waals surface area contributed by atoms with E-state index in [2.05, 4.69) is 9.47 Å². The molecule has 0 aromatic rings. The fourth-order valence-corrected chi connectivity index (χ4v) is 1.17. The summed E-state index contributed by atoms with van der Waals surface area (Å²) in [4.78, 5) is 31.9. The maximum absolute atomic E-state index is 10.7. The fourth-order valence-electron chi connectivity index (χ4n) is 1.17. The van der Waals surface area contributed by atoms with Gasteiger partial charge in [-0.15, -0.1) is 0 Å². The lowest BCUT2D eigenvalue weighted by atomic mass is 10.2. The van der Waals surface area contributed by atoms with Crippen molar-refractivity contribution < 1.29 is 39.2 Å². The summed E-state index contributed by atoms with van der Waals surface area (Å²) in [5.41, 5.74) is 0. The Kier molecular flexibility index (Phi) is 2.65. The fraction of sp³-hybridized carbons (Fsp3) is 0.571. The number of carbonyl (C=O) groups is 3. The summed E-state index contributed by atoms with van der Waals surface area (Å²) in [7, 11) is 0. The molecule has 1 aliphatic rings. The molecule has 1 fully saturated rings. The summed E-state index contributed by atoms with van der Waals surface area (Å²) < 4.78 is 8.97. The average Bonchev–Trinajstić information content (AvgIpc) is 2.44. The number of hydrogen-bond donors (Lipinski definition) is 3. The van der Waals surface area contributed by atoms with Gasteiger partial charge in [-0.3, -0.25) is 0 Å². The second-order valence-electron chi connectivity index (χ2n) is 2.93. The Morgan fingerprint density at radius 3 is 1.73 bits per heavy atom. The minimum absolute atomic E-state index is 1.16. The molecule has 1 aliphatic heterocycles. The predicted octanol–water partition coefficient (Wildman–Crippen LogP) is -1.26. The molecule has 2 atom stereocenters. The molecule has 0 bridgehead atoms. The molecule has 1 saturated heterocycles. The Morgan fingerprint density at radius 2 is 1.53 bits per heavy atom. The lowest BCUT2D eigenvalue weighted by Crippen LogP contribution is -2.48. The van der Waals surface area contributed by atoms with Crippen molar-refractivity contribution in [1.82, 2.24) is 0 Å². The second-order valence-corrected chi connectivity index (χ2v) is 2.93. The van der Waals surface area contributed by atoms with Crippen LogP contribution < -0.4 is 0 Å². The third-order valence-electron chi connectivity index (χ3n) is 1.88. The highest BCUT2D eigenvalue weighted by Crippen LogP contribution is 2.29. The highest BCUT2D eigenvalue weighted by molar-refractivity contribution is 6.00. The number of carboxylic acids is 3. The highest BCUT2D eigenvalue weighted by Gasteiger charge is 2.60. The van der Waals surface area contributed by atoms with Crippen LogP contribution in [0.2, 0.25) is 0 Å². The van der Waals surface area contributed by atoms with Crippen molar-refractivity contribution in [2.24, 2.45) is 0 Å². The van der Waals surface area contributed by atoms with E-state index in [1.165, 1.54) is 6.92 Å². The van der Waals surface area contributed by atoms with Crippen molar-refractivity contribution in [2.75, 3.05) is 0 Å². The molecular formula is C7H8O8. The van der Waals surface area contributed by atoms with Gasteiger partial charge >= 0.3 is 23.7 Å². The molecule has 1 rings (SSSR count). The highest BCUT2D eigenvalue weighted by atomic mass is 16.8. The van der Waals surface area contributed by atoms with E-state index in [1.807, 2.05) is 0 Å². The van der Waals surface area contributed by atoms with Crippen molar-refractivity contribution in [3.05, 3.63) is 0 Å². The topological polar surface area (TPSA) is 130 Å². The van der Waals surface area contributed by atoms with Crippen LogP contribution in [0.1, 0.15) is 6.92 Å². The van der Waals surface area contributed by atoms with Gasteiger partial charge in [-0.2, -0.15) is 0 Å². The van der Waals surface area contributed by atoms with E-state index in [0.29, 0.717) is 0 Å². The minimum Gasteiger partial charge on any atom is -0.479 e. The first-order chi connectivity index (χ1) is 6.81. The van der Waals surface area contributed by atoms with Crippen molar-refractivity contribution in [1.29, 1.82) is 0 Å². The van der Waals surface area contributed by atoms with Crippen LogP contribution in [0.4, 0.5) is 0 Å². The van der Waals surface area contributed by atoms with Crippen LogP contribution >= 0.6 is 0 Å². The molecule has 0 saturated carbocycles. The van der Waals surface area contributed by atoms with Gasteiger partial charge < -0.3 is 24.8 Å². The molecule has 8 heteroatoms. The zero-order valence-electron chi connectivity index (χ0n) is 7.54. The van der Waals surface area contributed by atoms with Crippen molar-refractivity contribution in [2.45, 2.75) is 24.9 Å². The van der Waals surface area contributed by atoms with Crippen LogP contribution in [0, 0.1) is 0 Å². The third-order valence-corrected chi connectivity index (χ3v) is 1.88. The Bertz CT molecular complexity index is 307. The second kappa shape index (κ2) is 3.48. The maximum Gasteiger partial charge on any atom is 0.377 e. The van der Waals surface area contributed by atoms with E-state index in [4.69, 9.17) is 15.3 Å². The van der Waals surface area contributed by atoms with Crippen molar-refractivity contribution in [3.63, 3.8) is 0 Å². The first kappa shape index (κ1) is 11.4. The Morgan fingerprint density at radius 1 is 1.07 bits per heavy atom. The molecule has 8 nitrogen and oxygen atoms in total. The number of rotatable bonds is 3. The van der Waals surface area contributed by atoms with Crippen LogP contribution in [0.25, 0.3) is 0 Å². The van der Waals surface area contributed by atoms with Crippen LogP contribution in [0.5, 0.6) is 0 Å². The molecule has 0 aromatic carbocycles. The average molecular weight is 220 g/mol. The lowest BCUT2D eigenvalue weighted by molar-refractivity contribution is -0.220. The van der Waals surface area contributed by atoms with Gasteiger partial charge in [0.2, 0.25) is 0 Å². The molecule has 3 N–H and O–H groups in total. The number of carboxylic acid groups (broad SMARTS) is 3. The molecule has 0 aromatic heterocycles. The van der Waals surface area contributed by atoms with Gasteiger partial charge in [-0.25, -0.2) is 14.4 Å². The molecule has 0 radical (unpaired) electrons. The largest absolute Gasteiger partial charge is 0.479 e. The molecule has 1 heterocycles. The molecule has 0 unspecified atom stereocenters. The first-order valence-electron chi connectivity index (χ1n) is 3.86. The van der Waals surface area contributed by atoms with E-state index < -0.39 is 35.9 Å². The molecular weight excluding hydrogens is 212 g/mol. The van der Waals surface area contributed by atoms with E-state index in [-0.39, 0.29) is 0 Å². The van der Waals surface area contributed by atoms with Crippen LogP contribution in [0.15, 0.2) is 0 Å². The summed E-state index contributed by atoms with van der Waals surface area (Å²) in [6.07, 6.45) is -2.77. The Hall–Kier alpha value is -1.67. The van der Waals surface area contributed by atoms with Gasteiger partial charge in [0.25, 0.3) is 0 Å². The normalized spacial score (nSPS) is 28.6. The van der Waals surface area contributed by atoms with E-state index in [1.54, 1.807) is 0 Å². The number of ether oxygens (including phenoxy) is 2. The van der Waals surface area contributed by atoms with Crippen LogP contribution in [-0.4, -0.2) is 51.2 Å². The Balaban J connectivity index is 3.03. The van der Waals surface area contributed by atoms with Gasteiger partial charge in [0.05, 0.1) is 6.10 Å². The van der Waals surface area contributed by atoms with Gasteiger partial charge in [0, 0.05) is 0 Å². The van der Waals surface area contributed by atoms with Crippen molar-refractivity contribution in [3.8, 4) is 0 Å². The van der Waals surface area contributed by atoms with Crippen molar-refractivity contribution >= 4 is 17.9 Å². The van der Waals surface area contributed by atoms with Crippen LogP contribution in [-0.2, 0) is 23.9 Å². The monoisotopic (exact) mass is 220 g/mol. The molecule has 0 spiro atoms. The van der Waals surface area contributed by atoms with Gasteiger partial charge in [0.15, 0.2) is 6.10 Å². The SMILES string of the molecule is C[C@@H]1OC(C(=O)O)(C(=O)O)O[C@@H]1C(=O)O. The quantitative estimate of drug-likeness (QED) is 0.502. The van der Waals surface area contributed by atoms with E-state index in [0.717, 1.165) is 0 Å². The first-order valence-corrected chi connectivity index (χ1v) is 3.86. The summed E-state index contributed by atoms with van der Waals surface area (Å²) >= 11 is 0. The van der Waals surface area contributed by atoms with Gasteiger partial charge in [-0.05, 0) is 6.92 Å². The lowest BCUT2D eigenvalue weighted by Gasteiger charge is -2.16. The molecule has 0 amide bonds. The van der Waals surface area contributed by atoms with E-state index in [9.17, 15) is 14.4 Å². The van der Waals surface area contributed by atoms with E-state index >= 15 is 0 Å². The summed E-state index contributed by atoms with van der Waals surface area (Å²) in [5, 5.41) is 25.8. The van der Waals surface area contributed by atoms with Crippen LogP contribution in [0.3, 0.4) is 0 Å². The maximum atomic E-state index is 10.7. The number of hydrogen-bond acceptors (Lipinski definition) is 5. The summed E-state index contributed by atoms with van der Waals surface area (Å²) in [5.74, 6) is -8.20. The van der Waals surface area contributed by atoms with Gasteiger partial charge in [-0.1, -0.05) is 0 Å². The minimum atomic E-state index is -2.93. The Labute approximate surface area is 83.0 Å². The zero-order chi connectivity index (χ0) is 11.8. The van der Waals surface area contributed by atoms with Gasteiger partial charge in [0.1, 0.15) is 0 Å². The predicted molar refractivity (Wildman–Crippen MR) is 41.1 cm³/mol. The molecule has 84 valence electrons. The zero-order valence-corrected chi connectivity index (χ0v) is 7.54. The summed E-state index contributed by atoms with van der Waals surface area (Å²) in [6.45, 7) is 1.21. The summed E-state index contributed by atoms with van der Waals surface area (Å²) in [6, 6.07) is 0. The standard InChI is InChI=1S/C7H8O8/c1-2-3(4(8)9)15-7(14-2,5(10)11)6(12)13/h2-3H,1H3,(H,8,9)(H,10,11)(H,12,13)/t2-,3-/m0/s1. The third kappa shape index (κ3) is 1.64. The molecule has 0 aliphatic carbocycles.